The van der Waals surface area contributed by atoms with Crippen molar-refractivity contribution in [3.63, 3.8) is 0 Å². The number of rotatable bonds is 1. The predicted molar refractivity (Wildman–Crippen MR) is 79.9 cm³/mol. The molecule has 0 aromatic heterocycles. The third-order valence-electron chi connectivity index (χ3n) is 3.90. The summed E-state index contributed by atoms with van der Waals surface area (Å²) in [7, 11) is 2.18. The molecule has 0 bridgehead atoms. The van der Waals surface area contributed by atoms with E-state index in [1.807, 2.05) is 0 Å². The summed E-state index contributed by atoms with van der Waals surface area (Å²) >= 11 is 0. The Kier molecular flexibility index (Phi) is 3.02. The standard InChI is InChI=1S/C16H22N2O/c1-16(2)7-6-13-4-5-14(12-15(13)19-16)18-10-8-17(3)9-11-18/h4-7,12H,8-11H2,1-3H3. The van der Waals surface area contributed by atoms with Gasteiger partial charge in [-0.1, -0.05) is 6.08 Å². The molecular formula is C16H22N2O. The summed E-state index contributed by atoms with van der Waals surface area (Å²) in [5.74, 6) is 1.00. The van der Waals surface area contributed by atoms with E-state index < -0.39 is 0 Å². The fourth-order valence-corrected chi connectivity index (χ4v) is 2.62. The van der Waals surface area contributed by atoms with Crippen molar-refractivity contribution in [1.29, 1.82) is 0 Å². The van der Waals surface area contributed by atoms with Gasteiger partial charge in [0.2, 0.25) is 0 Å². The van der Waals surface area contributed by atoms with Crippen molar-refractivity contribution in [3.8, 4) is 5.75 Å². The maximum absolute atomic E-state index is 6.05. The minimum absolute atomic E-state index is 0.201. The quantitative estimate of drug-likeness (QED) is 0.770. The van der Waals surface area contributed by atoms with Gasteiger partial charge in [0.25, 0.3) is 0 Å². The van der Waals surface area contributed by atoms with Crippen LogP contribution in [-0.2, 0) is 0 Å². The molecule has 0 atom stereocenters. The molecule has 0 saturated carbocycles. The number of piperazine rings is 1. The highest BCUT2D eigenvalue weighted by molar-refractivity contribution is 5.66. The lowest BCUT2D eigenvalue weighted by atomic mass is 10.0. The predicted octanol–water partition coefficient (Wildman–Crippen LogP) is 2.62. The molecule has 1 aromatic carbocycles. The average molecular weight is 258 g/mol. The molecule has 19 heavy (non-hydrogen) atoms. The summed E-state index contributed by atoms with van der Waals surface area (Å²) in [4.78, 5) is 4.81. The van der Waals surface area contributed by atoms with Gasteiger partial charge in [-0.15, -0.1) is 0 Å². The van der Waals surface area contributed by atoms with Gasteiger partial charge in [0.05, 0.1) is 0 Å². The van der Waals surface area contributed by atoms with Crippen LogP contribution in [0.2, 0.25) is 0 Å². The van der Waals surface area contributed by atoms with Crippen LogP contribution in [0, 0.1) is 0 Å². The lowest BCUT2D eigenvalue weighted by molar-refractivity contribution is 0.159. The number of likely N-dealkylation sites (N-methyl/N-ethyl adjacent to an activating group) is 1. The average Bonchev–Trinajstić information content (AvgIpc) is 2.37. The summed E-state index contributed by atoms with van der Waals surface area (Å²) < 4.78 is 6.05. The normalized spacial score (nSPS) is 21.9. The highest BCUT2D eigenvalue weighted by Gasteiger charge is 2.23. The number of anilines is 1. The number of hydrogen-bond acceptors (Lipinski definition) is 3. The number of hydrogen-bond donors (Lipinski definition) is 0. The summed E-state index contributed by atoms with van der Waals surface area (Å²) in [5, 5.41) is 0. The van der Waals surface area contributed by atoms with Crippen molar-refractivity contribution in [2.45, 2.75) is 19.4 Å². The Balaban J connectivity index is 1.84. The van der Waals surface area contributed by atoms with Crippen LogP contribution in [0.4, 0.5) is 5.69 Å². The van der Waals surface area contributed by atoms with Gasteiger partial charge in [-0.2, -0.15) is 0 Å². The SMILES string of the molecule is CN1CCN(c2ccc3c(c2)OC(C)(C)C=C3)CC1. The molecule has 0 aliphatic carbocycles. The first-order chi connectivity index (χ1) is 9.03. The van der Waals surface area contributed by atoms with Gasteiger partial charge in [0, 0.05) is 43.5 Å². The van der Waals surface area contributed by atoms with Gasteiger partial charge >= 0.3 is 0 Å². The summed E-state index contributed by atoms with van der Waals surface area (Å²) in [6.07, 6.45) is 4.28. The van der Waals surface area contributed by atoms with E-state index in [1.165, 1.54) is 11.3 Å². The molecule has 3 rings (SSSR count). The Morgan fingerprint density at radius 1 is 1.11 bits per heavy atom. The molecule has 2 heterocycles. The highest BCUT2D eigenvalue weighted by atomic mass is 16.5. The molecule has 3 nitrogen and oxygen atoms in total. The maximum atomic E-state index is 6.05. The van der Waals surface area contributed by atoms with Crippen molar-refractivity contribution < 1.29 is 4.74 Å². The molecule has 1 aromatic rings. The van der Waals surface area contributed by atoms with Gasteiger partial charge in [0.1, 0.15) is 11.4 Å². The van der Waals surface area contributed by atoms with Crippen molar-refractivity contribution in [2.24, 2.45) is 0 Å². The Bertz CT molecular complexity index is 499. The van der Waals surface area contributed by atoms with E-state index in [1.54, 1.807) is 0 Å². The molecule has 0 radical (unpaired) electrons. The highest BCUT2D eigenvalue weighted by Crippen LogP contribution is 2.34. The Morgan fingerprint density at radius 2 is 1.84 bits per heavy atom. The van der Waals surface area contributed by atoms with Gasteiger partial charge in [-0.25, -0.2) is 0 Å². The van der Waals surface area contributed by atoms with Crippen LogP contribution < -0.4 is 9.64 Å². The second-order valence-corrected chi connectivity index (χ2v) is 6.05. The molecule has 3 heteroatoms. The molecule has 0 spiro atoms. The van der Waals surface area contributed by atoms with Crippen LogP contribution in [0.15, 0.2) is 24.3 Å². The van der Waals surface area contributed by atoms with Gasteiger partial charge < -0.3 is 14.5 Å². The van der Waals surface area contributed by atoms with E-state index >= 15 is 0 Å². The van der Waals surface area contributed by atoms with Crippen LogP contribution >= 0.6 is 0 Å². The van der Waals surface area contributed by atoms with E-state index in [0.29, 0.717) is 0 Å². The number of nitrogens with zero attached hydrogens (tertiary/aromatic N) is 2. The van der Waals surface area contributed by atoms with Crippen LogP contribution in [0.1, 0.15) is 19.4 Å². The van der Waals surface area contributed by atoms with E-state index in [0.717, 1.165) is 31.9 Å². The maximum Gasteiger partial charge on any atom is 0.129 e. The lowest BCUT2D eigenvalue weighted by Crippen LogP contribution is -2.44. The molecule has 102 valence electrons. The van der Waals surface area contributed by atoms with Gasteiger partial charge in [0.15, 0.2) is 0 Å². The largest absolute Gasteiger partial charge is 0.483 e. The Morgan fingerprint density at radius 3 is 2.58 bits per heavy atom. The smallest absolute Gasteiger partial charge is 0.129 e. The third kappa shape index (κ3) is 2.61. The zero-order valence-electron chi connectivity index (χ0n) is 12.0. The summed E-state index contributed by atoms with van der Waals surface area (Å²) in [5.41, 5.74) is 2.25. The fraction of sp³-hybridized carbons (Fsp3) is 0.500. The number of ether oxygens (including phenoxy) is 1. The van der Waals surface area contributed by atoms with Gasteiger partial charge in [-0.3, -0.25) is 0 Å². The molecule has 0 N–H and O–H groups in total. The first-order valence-electron chi connectivity index (χ1n) is 6.99. The van der Waals surface area contributed by atoms with Crippen molar-refractivity contribution in [1.82, 2.24) is 4.90 Å². The Hall–Kier alpha value is -1.48. The zero-order valence-corrected chi connectivity index (χ0v) is 12.0. The van der Waals surface area contributed by atoms with Crippen LogP contribution in [-0.4, -0.2) is 43.7 Å². The minimum Gasteiger partial charge on any atom is -0.483 e. The van der Waals surface area contributed by atoms with Gasteiger partial charge in [-0.05, 0) is 39.1 Å². The van der Waals surface area contributed by atoms with Crippen LogP contribution in [0.5, 0.6) is 5.75 Å². The molecule has 0 amide bonds. The molecule has 0 unspecified atom stereocenters. The summed E-state index contributed by atoms with van der Waals surface area (Å²) in [6, 6.07) is 6.55. The van der Waals surface area contributed by atoms with E-state index in [4.69, 9.17) is 4.74 Å². The van der Waals surface area contributed by atoms with Crippen molar-refractivity contribution >= 4 is 11.8 Å². The van der Waals surface area contributed by atoms with E-state index in [-0.39, 0.29) is 5.60 Å². The molecule has 1 saturated heterocycles. The van der Waals surface area contributed by atoms with Crippen LogP contribution in [0.3, 0.4) is 0 Å². The van der Waals surface area contributed by atoms with E-state index in [9.17, 15) is 0 Å². The van der Waals surface area contributed by atoms with Crippen molar-refractivity contribution in [3.05, 3.63) is 29.8 Å². The first-order valence-corrected chi connectivity index (χ1v) is 6.99. The zero-order chi connectivity index (χ0) is 13.5. The molecule has 2 aliphatic heterocycles. The van der Waals surface area contributed by atoms with E-state index in [2.05, 4.69) is 61.0 Å². The third-order valence-corrected chi connectivity index (χ3v) is 3.90. The first kappa shape index (κ1) is 12.5. The second-order valence-electron chi connectivity index (χ2n) is 6.05. The van der Waals surface area contributed by atoms with Crippen LogP contribution in [0.25, 0.3) is 6.08 Å². The number of benzene rings is 1. The monoisotopic (exact) mass is 258 g/mol. The second kappa shape index (κ2) is 4.57. The van der Waals surface area contributed by atoms with Crippen molar-refractivity contribution in [2.75, 3.05) is 38.1 Å². The lowest BCUT2D eigenvalue weighted by Gasteiger charge is -2.35. The number of fused-ring (bicyclic) bond motifs is 1. The molecule has 2 aliphatic rings. The Labute approximate surface area is 115 Å². The molecule has 1 fully saturated rings. The molecular weight excluding hydrogens is 236 g/mol. The summed E-state index contributed by atoms with van der Waals surface area (Å²) in [6.45, 7) is 8.62. The topological polar surface area (TPSA) is 15.7 Å². The minimum atomic E-state index is -0.201. The fourth-order valence-electron chi connectivity index (χ4n) is 2.62.